The van der Waals surface area contributed by atoms with E-state index in [1.807, 2.05) is 38.2 Å². The first-order chi connectivity index (χ1) is 16.0. The molecule has 0 bridgehead atoms. The maximum atomic E-state index is 13.8. The molecule has 1 saturated heterocycles. The molecule has 3 aromatic rings. The molecule has 0 radical (unpaired) electrons. The number of H-pyrrole nitrogens is 1. The van der Waals surface area contributed by atoms with E-state index in [0.717, 1.165) is 61.3 Å². The summed E-state index contributed by atoms with van der Waals surface area (Å²) in [4.78, 5) is 17.9. The number of hydrogen-bond acceptors (Lipinski definition) is 4. The molecule has 0 spiro atoms. The van der Waals surface area contributed by atoms with Crippen LogP contribution in [0.5, 0.6) is 11.5 Å². The van der Waals surface area contributed by atoms with Gasteiger partial charge < -0.3 is 24.7 Å². The molecular weight excluding hydrogens is 421 g/mol. The number of nitrogens with one attached hydrogen (secondary N) is 2. The molecule has 7 heteroatoms. The van der Waals surface area contributed by atoms with Crippen LogP contribution in [-0.4, -0.2) is 54.2 Å². The van der Waals surface area contributed by atoms with Crippen LogP contribution in [0.4, 0.5) is 4.39 Å². The SMILES string of the molecule is CC(C)Oc1c[nH]c2ccc(OCCCN3CCC(NC(=O)c4ccccc4F)CC3)cc12. The van der Waals surface area contributed by atoms with Gasteiger partial charge in [-0.15, -0.1) is 0 Å². The predicted octanol–water partition coefficient (Wildman–Crippen LogP) is 4.76. The van der Waals surface area contributed by atoms with Gasteiger partial charge in [-0.05, 0) is 63.4 Å². The Morgan fingerprint density at radius 1 is 1.21 bits per heavy atom. The molecule has 0 aliphatic carbocycles. The lowest BCUT2D eigenvalue weighted by atomic mass is 10.0. The van der Waals surface area contributed by atoms with Crippen LogP contribution < -0.4 is 14.8 Å². The third kappa shape index (κ3) is 6.05. The number of carbonyl (C=O) groups excluding carboxylic acids is 1. The van der Waals surface area contributed by atoms with Gasteiger partial charge in [0, 0.05) is 42.8 Å². The highest BCUT2D eigenvalue weighted by molar-refractivity contribution is 5.94. The van der Waals surface area contributed by atoms with Crippen molar-refractivity contribution in [1.82, 2.24) is 15.2 Å². The smallest absolute Gasteiger partial charge is 0.254 e. The van der Waals surface area contributed by atoms with Gasteiger partial charge in [-0.2, -0.15) is 0 Å². The number of fused-ring (bicyclic) bond motifs is 1. The molecule has 0 unspecified atom stereocenters. The van der Waals surface area contributed by atoms with Crippen molar-refractivity contribution in [1.29, 1.82) is 0 Å². The normalized spacial score (nSPS) is 15.2. The first kappa shape index (κ1) is 23.1. The van der Waals surface area contributed by atoms with E-state index in [1.54, 1.807) is 12.1 Å². The molecule has 1 aliphatic heterocycles. The summed E-state index contributed by atoms with van der Waals surface area (Å²) in [5.74, 6) is 0.869. The van der Waals surface area contributed by atoms with Crippen molar-refractivity contribution in [3.05, 3.63) is 60.0 Å². The van der Waals surface area contributed by atoms with Crippen LogP contribution in [0.15, 0.2) is 48.7 Å². The summed E-state index contributed by atoms with van der Waals surface area (Å²) in [6.07, 6.45) is 4.66. The fourth-order valence-corrected chi connectivity index (χ4v) is 4.20. The lowest BCUT2D eigenvalue weighted by Gasteiger charge is -2.32. The second-order valence-electron chi connectivity index (χ2n) is 8.80. The molecule has 0 atom stereocenters. The topological polar surface area (TPSA) is 66.6 Å². The molecule has 1 fully saturated rings. The first-order valence-corrected chi connectivity index (χ1v) is 11.7. The molecule has 2 heterocycles. The number of rotatable bonds is 9. The number of halogens is 1. The Labute approximate surface area is 194 Å². The van der Waals surface area contributed by atoms with Gasteiger partial charge in [0.25, 0.3) is 5.91 Å². The van der Waals surface area contributed by atoms with Crippen LogP contribution in [0.3, 0.4) is 0 Å². The minimum Gasteiger partial charge on any atom is -0.494 e. The maximum Gasteiger partial charge on any atom is 0.254 e. The molecule has 33 heavy (non-hydrogen) atoms. The van der Waals surface area contributed by atoms with E-state index in [4.69, 9.17) is 9.47 Å². The lowest BCUT2D eigenvalue weighted by molar-refractivity contribution is 0.0905. The van der Waals surface area contributed by atoms with Gasteiger partial charge in [-0.25, -0.2) is 4.39 Å². The van der Waals surface area contributed by atoms with E-state index >= 15 is 0 Å². The number of ether oxygens (including phenoxy) is 2. The highest BCUT2D eigenvalue weighted by Crippen LogP contribution is 2.29. The lowest BCUT2D eigenvalue weighted by Crippen LogP contribution is -2.45. The van der Waals surface area contributed by atoms with Crippen molar-refractivity contribution in [3.8, 4) is 11.5 Å². The Morgan fingerprint density at radius 3 is 2.76 bits per heavy atom. The van der Waals surface area contributed by atoms with Crippen LogP contribution in [0.1, 0.15) is 43.5 Å². The maximum absolute atomic E-state index is 13.8. The fourth-order valence-electron chi connectivity index (χ4n) is 4.20. The van der Waals surface area contributed by atoms with Crippen molar-refractivity contribution in [3.63, 3.8) is 0 Å². The number of amides is 1. The summed E-state index contributed by atoms with van der Waals surface area (Å²) < 4.78 is 25.6. The third-order valence-electron chi connectivity index (χ3n) is 5.91. The van der Waals surface area contributed by atoms with Gasteiger partial charge in [0.15, 0.2) is 0 Å². The molecule has 6 nitrogen and oxygen atoms in total. The number of hydrogen-bond donors (Lipinski definition) is 2. The molecule has 2 aromatic carbocycles. The Kier molecular flexibility index (Phi) is 7.50. The zero-order valence-electron chi connectivity index (χ0n) is 19.3. The number of likely N-dealkylation sites (tertiary alicyclic amines) is 1. The predicted molar refractivity (Wildman–Crippen MR) is 128 cm³/mol. The van der Waals surface area contributed by atoms with E-state index in [1.165, 1.54) is 12.1 Å². The minimum absolute atomic E-state index is 0.0833. The zero-order chi connectivity index (χ0) is 23.2. The Morgan fingerprint density at radius 2 is 2.00 bits per heavy atom. The summed E-state index contributed by atoms with van der Waals surface area (Å²) in [7, 11) is 0. The van der Waals surface area contributed by atoms with Crippen molar-refractivity contribution in [2.75, 3.05) is 26.2 Å². The zero-order valence-corrected chi connectivity index (χ0v) is 19.3. The highest BCUT2D eigenvalue weighted by Gasteiger charge is 2.22. The molecule has 1 amide bonds. The molecular formula is C26H32FN3O3. The average molecular weight is 454 g/mol. The Balaban J connectivity index is 1.18. The van der Waals surface area contributed by atoms with E-state index in [2.05, 4.69) is 15.2 Å². The molecule has 0 saturated carbocycles. The Hall–Kier alpha value is -3.06. The van der Waals surface area contributed by atoms with Gasteiger partial charge in [0.1, 0.15) is 17.3 Å². The number of benzene rings is 2. The van der Waals surface area contributed by atoms with Crippen LogP contribution in [-0.2, 0) is 0 Å². The summed E-state index contributed by atoms with van der Waals surface area (Å²) >= 11 is 0. The van der Waals surface area contributed by atoms with Crippen molar-refractivity contribution >= 4 is 16.8 Å². The molecule has 1 aromatic heterocycles. The average Bonchev–Trinajstić information content (AvgIpc) is 3.19. The second kappa shape index (κ2) is 10.7. The van der Waals surface area contributed by atoms with Crippen molar-refractivity contribution in [2.45, 2.75) is 45.3 Å². The van der Waals surface area contributed by atoms with Gasteiger partial charge in [0.2, 0.25) is 0 Å². The summed E-state index contributed by atoms with van der Waals surface area (Å²) in [5.41, 5.74) is 1.14. The quantitative estimate of drug-likeness (QED) is 0.459. The van der Waals surface area contributed by atoms with Gasteiger partial charge in [-0.1, -0.05) is 12.1 Å². The Bertz CT molecular complexity index is 1070. The largest absolute Gasteiger partial charge is 0.494 e. The van der Waals surface area contributed by atoms with E-state index in [9.17, 15) is 9.18 Å². The number of carbonyl (C=O) groups is 1. The third-order valence-corrected chi connectivity index (χ3v) is 5.91. The highest BCUT2D eigenvalue weighted by atomic mass is 19.1. The van der Waals surface area contributed by atoms with Gasteiger partial charge in [-0.3, -0.25) is 4.79 Å². The van der Waals surface area contributed by atoms with Crippen LogP contribution >= 0.6 is 0 Å². The van der Waals surface area contributed by atoms with E-state index in [0.29, 0.717) is 6.61 Å². The fraction of sp³-hybridized carbons (Fsp3) is 0.423. The number of piperidine rings is 1. The molecule has 4 rings (SSSR count). The summed E-state index contributed by atoms with van der Waals surface area (Å²) in [6.45, 7) is 7.43. The second-order valence-corrected chi connectivity index (χ2v) is 8.80. The minimum atomic E-state index is -0.480. The molecule has 176 valence electrons. The van der Waals surface area contributed by atoms with Crippen LogP contribution in [0.2, 0.25) is 0 Å². The first-order valence-electron chi connectivity index (χ1n) is 11.7. The molecule has 1 aliphatic rings. The summed E-state index contributed by atoms with van der Waals surface area (Å²) in [6, 6.07) is 12.2. The van der Waals surface area contributed by atoms with E-state index < -0.39 is 5.82 Å². The summed E-state index contributed by atoms with van der Waals surface area (Å²) in [5, 5.41) is 4.00. The van der Waals surface area contributed by atoms with Crippen molar-refractivity contribution in [2.24, 2.45) is 0 Å². The number of aromatic amines is 1. The van der Waals surface area contributed by atoms with Crippen LogP contribution in [0.25, 0.3) is 10.9 Å². The van der Waals surface area contributed by atoms with Crippen LogP contribution in [0, 0.1) is 5.82 Å². The van der Waals surface area contributed by atoms with Crippen molar-refractivity contribution < 1.29 is 18.7 Å². The molecule has 2 N–H and O–H groups in total. The number of nitrogens with zero attached hydrogens (tertiary/aromatic N) is 1. The number of aromatic nitrogens is 1. The monoisotopic (exact) mass is 453 g/mol. The van der Waals surface area contributed by atoms with Gasteiger partial charge in [0.05, 0.1) is 18.3 Å². The standard InChI is InChI=1S/C26H32FN3O3/c1-18(2)33-25-17-28-24-9-8-20(16-22(24)25)32-15-5-12-30-13-10-19(11-14-30)29-26(31)21-6-3-4-7-23(21)27/h3-4,6-9,16-19,28H,5,10-15H2,1-2H3,(H,29,31). The van der Waals surface area contributed by atoms with Gasteiger partial charge >= 0.3 is 0 Å². The van der Waals surface area contributed by atoms with E-state index in [-0.39, 0.29) is 23.6 Å².